The second kappa shape index (κ2) is 7.87. The summed E-state index contributed by atoms with van der Waals surface area (Å²) < 4.78 is 16.1. The zero-order chi connectivity index (χ0) is 16.8. The summed E-state index contributed by atoms with van der Waals surface area (Å²) in [6.07, 6.45) is -1.28. The van der Waals surface area contributed by atoms with E-state index in [1.165, 1.54) is 13.8 Å². The normalized spacial score (nSPS) is 22.0. The molecule has 2 rings (SSSR count). The summed E-state index contributed by atoms with van der Waals surface area (Å²) >= 11 is 0. The standard InChI is InChI=1S/C17H20O6/c1-11(18)22-14-9-6-10-21-16(14)17(23-12(2)19)15(20)13-7-4-3-5-8-13/h3-5,7-8,14,16-17H,6,9-10H2,1-2H3/t14-,16+,17+/m0/s1. The lowest BCUT2D eigenvalue weighted by Crippen LogP contribution is -2.50. The first-order valence-corrected chi connectivity index (χ1v) is 7.54. The molecule has 3 atom stereocenters. The van der Waals surface area contributed by atoms with Gasteiger partial charge < -0.3 is 14.2 Å². The minimum atomic E-state index is -1.14. The topological polar surface area (TPSA) is 78.9 Å². The van der Waals surface area contributed by atoms with Crippen molar-refractivity contribution in [3.05, 3.63) is 35.9 Å². The fraction of sp³-hybridized carbons (Fsp3) is 0.471. The van der Waals surface area contributed by atoms with Gasteiger partial charge in [0.15, 0.2) is 6.10 Å². The summed E-state index contributed by atoms with van der Waals surface area (Å²) in [5.74, 6) is -1.42. The second-order valence-electron chi connectivity index (χ2n) is 5.39. The van der Waals surface area contributed by atoms with E-state index in [2.05, 4.69) is 0 Å². The van der Waals surface area contributed by atoms with Crippen LogP contribution in [0.5, 0.6) is 0 Å². The third-order valence-corrected chi connectivity index (χ3v) is 3.54. The molecule has 1 fully saturated rings. The Balaban J connectivity index is 2.26. The minimum absolute atomic E-state index is 0.371. The van der Waals surface area contributed by atoms with Gasteiger partial charge in [0.05, 0.1) is 0 Å². The van der Waals surface area contributed by atoms with E-state index in [9.17, 15) is 14.4 Å². The Kier molecular flexibility index (Phi) is 5.87. The number of hydrogen-bond donors (Lipinski definition) is 0. The molecule has 1 aromatic rings. The molecule has 0 aliphatic carbocycles. The summed E-state index contributed by atoms with van der Waals surface area (Å²) in [6, 6.07) is 8.52. The third kappa shape index (κ3) is 4.63. The van der Waals surface area contributed by atoms with Crippen LogP contribution < -0.4 is 0 Å². The van der Waals surface area contributed by atoms with Gasteiger partial charge in [-0.3, -0.25) is 14.4 Å². The molecule has 6 heteroatoms. The second-order valence-corrected chi connectivity index (χ2v) is 5.39. The maximum absolute atomic E-state index is 12.7. The van der Waals surface area contributed by atoms with Crippen LogP contribution in [0.4, 0.5) is 0 Å². The molecule has 0 bridgehead atoms. The van der Waals surface area contributed by atoms with Crippen molar-refractivity contribution in [3.8, 4) is 0 Å². The van der Waals surface area contributed by atoms with Gasteiger partial charge in [-0.2, -0.15) is 0 Å². The van der Waals surface area contributed by atoms with Gasteiger partial charge in [-0.25, -0.2) is 0 Å². The lowest BCUT2D eigenvalue weighted by atomic mass is 9.94. The third-order valence-electron chi connectivity index (χ3n) is 3.54. The highest BCUT2D eigenvalue weighted by Gasteiger charge is 2.41. The Morgan fingerprint density at radius 2 is 1.83 bits per heavy atom. The molecule has 0 spiro atoms. The molecule has 124 valence electrons. The largest absolute Gasteiger partial charge is 0.460 e. The summed E-state index contributed by atoms with van der Waals surface area (Å²) in [5.41, 5.74) is 0.412. The fourth-order valence-corrected chi connectivity index (χ4v) is 2.61. The number of ketones is 1. The van der Waals surface area contributed by atoms with Crippen molar-refractivity contribution in [3.63, 3.8) is 0 Å². The molecule has 0 N–H and O–H groups in total. The Labute approximate surface area is 134 Å². The van der Waals surface area contributed by atoms with Gasteiger partial charge in [0.1, 0.15) is 12.2 Å². The zero-order valence-corrected chi connectivity index (χ0v) is 13.2. The summed E-state index contributed by atoms with van der Waals surface area (Å²) in [6.45, 7) is 2.95. The predicted octanol–water partition coefficient (Wildman–Crippen LogP) is 1.91. The number of benzene rings is 1. The Bertz CT molecular complexity index is 568. The van der Waals surface area contributed by atoms with Crippen molar-refractivity contribution >= 4 is 17.7 Å². The molecule has 0 aromatic heterocycles. The number of ether oxygens (including phenoxy) is 3. The predicted molar refractivity (Wildman–Crippen MR) is 80.9 cm³/mol. The van der Waals surface area contributed by atoms with Gasteiger partial charge in [-0.15, -0.1) is 0 Å². The number of Topliss-reactive ketones (excluding diaryl/α,β-unsaturated/α-hetero) is 1. The first kappa shape index (κ1) is 17.1. The van der Waals surface area contributed by atoms with Crippen LogP contribution in [-0.2, 0) is 23.8 Å². The van der Waals surface area contributed by atoms with E-state index < -0.39 is 30.3 Å². The molecule has 0 unspecified atom stereocenters. The molecule has 0 radical (unpaired) electrons. The summed E-state index contributed by atoms with van der Waals surface area (Å²) in [4.78, 5) is 35.4. The van der Waals surface area contributed by atoms with Crippen LogP contribution in [-0.4, -0.2) is 42.6 Å². The van der Waals surface area contributed by atoms with Gasteiger partial charge >= 0.3 is 11.9 Å². The smallest absolute Gasteiger partial charge is 0.303 e. The van der Waals surface area contributed by atoms with Gasteiger partial charge in [0, 0.05) is 26.0 Å². The SMILES string of the molecule is CC(=O)O[C@H]1CCCO[C@H]1[C@H](OC(C)=O)C(=O)c1ccccc1. The molecular weight excluding hydrogens is 300 g/mol. The van der Waals surface area contributed by atoms with E-state index in [0.717, 1.165) is 0 Å². The molecule has 23 heavy (non-hydrogen) atoms. The van der Waals surface area contributed by atoms with Crippen molar-refractivity contribution in [2.75, 3.05) is 6.61 Å². The molecule has 0 amide bonds. The van der Waals surface area contributed by atoms with Crippen LogP contribution in [0.2, 0.25) is 0 Å². The van der Waals surface area contributed by atoms with Gasteiger partial charge in [-0.1, -0.05) is 30.3 Å². The van der Waals surface area contributed by atoms with Crippen LogP contribution in [0.25, 0.3) is 0 Å². The van der Waals surface area contributed by atoms with Crippen molar-refractivity contribution in [1.29, 1.82) is 0 Å². The van der Waals surface area contributed by atoms with Crippen molar-refractivity contribution < 1.29 is 28.6 Å². The molecule has 0 saturated carbocycles. The molecular formula is C17H20O6. The minimum Gasteiger partial charge on any atom is -0.460 e. The van der Waals surface area contributed by atoms with Crippen LogP contribution >= 0.6 is 0 Å². The number of carbonyl (C=O) groups is 3. The van der Waals surface area contributed by atoms with Crippen LogP contribution in [0.3, 0.4) is 0 Å². The van der Waals surface area contributed by atoms with E-state index >= 15 is 0 Å². The van der Waals surface area contributed by atoms with E-state index in [1.54, 1.807) is 30.3 Å². The van der Waals surface area contributed by atoms with Crippen LogP contribution in [0, 0.1) is 0 Å². The molecule has 1 saturated heterocycles. The number of rotatable bonds is 5. The van der Waals surface area contributed by atoms with Crippen LogP contribution in [0.15, 0.2) is 30.3 Å². The lowest BCUT2D eigenvalue weighted by molar-refractivity contribution is -0.177. The summed E-state index contributed by atoms with van der Waals surface area (Å²) in [5, 5.41) is 0. The van der Waals surface area contributed by atoms with Crippen molar-refractivity contribution in [2.45, 2.75) is 45.0 Å². The number of hydrogen-bond acceptors (Lipinski definition) is 6. The Morgan fingerprint density at radius 1 is 1.13 bits per heavy atom. The number of carbonyl (C=O) groups excluding carboxylic acids is 3. The van der Waals surface area contributed by atoms with E-state index in [-0.39, 0.29) is 5.78 Å². The highest BCUT2D eigenvalue weighted by Crippen LogP contribution is 2.24. The Hall–Kier alpha value is -2.21. The molecule has 1 aliphatic heterocycles. The maximum Gasteiger partial charge on any atom is 0.303 e. The molecule has 1 aromatic carbocycles. The molecule has 6 nitrogen and oxygen atoms in total. The van der Waals surface area contributed by atoms with Gasteiger partial charge in [0.25, 0.3) is 0 Å². The zero-order valence-electron chi connectivity index (χ0n) is 13.2. The van der Waals surface area contributed by atoms with Crippen LogP contribution in [0.1, 0.15) is 37.0 Å². The van der Waals surface area contributed by atoms with Crippen molar-refractivity contribution in [1.82, 2.24) is 0 Å². The highest BCUT2D eigenvalue weighted by atomic mass is 16.6. The first-order chi connectivity index (χ1) is 11.0. The molecule has 1 heterocycles. The van der Waals surface area contributed by atoms with E-state index in [4.69, 9.17) is 14.2 Å². The summed E-state index contributed by atoms with van der Waals surface area (Å²) in [7, 11) is 0. The average Bonchev–Trinajstić information content (AvgIpc) is 2.53. The number of esters is 2. The first-order valence-electron chi connectivity index (χ1n) is 7.54. The quantitative estimate of drug-likeness (QED) is 0.609. The van der Waals surface area contributed by atoms with E-state index in [1.807, 2.05) is 0 Å². The lowest BCUT2D eigenvalue weighted by Gasteiger charge is -2.35. The van der Waals surface area contributed by atoms with Crippen molar-refractivity contribution in [2.24, 2.45) is 0 Å². The van der Waals surface area contributed by atoms with Gasteiger partial charge in [0.2, 0.25) is 5.78 Å². The molecule has 1 aliphatic rings. The highest BCUT2D eigenvalue weighted by molar-refractivity contribution is 6.00. The van der Waals surface area contributed by atoms with E-state index in [0.29, 0.717) is 25.0 Å². The fourth-order valence-electron chi connectivity index (χ4n) is 2.61. The van der Waals surface area contributed by atoms with Gasteiger partial charge in [-0.05, 0) is 12.8 Å². The monoisotopic (exact) mass is 320 g/mol. The average molecular weight is 320 g/mol. The maximum atomic E-state index is 12.7. The Morgan fingerprint density at radius 3 is 2.43 bits per heavy atom.